The fraction of sp³-hybridized carbons (Fsp3) is 0.533. The molecule has 3 unspecified atom stereocenters. The molecule has 1 heterocycles. The number of rotatable bonds is 3. The lowest BCUT2D eigenvalue weighted by atomic mass is 10.1. The number of urea groups is 1. The van der Waals surface area contributed by atoms with Gasteiger partial charge in [-0.3, -0.25) is 0 Å². The van der Waals surface area contributed by atoms with Crippen molar-refractivity contribution in [1.29, 1.82) is 0 Å². The van der Waals surface area contributed by atoms with Gasteiger partial charge in [0.15, 0.2) is 0 Å². The molecule has 6 heteroatoms. The van der Waals surface area contributed by atoms with E-state index in [1.807, 2.05) is 20.2 Å². The predicted molar refractivity (Wildman–Crippen MR) is 83.0 cm³/mol. The van der Waals surface area contributed by atoms with Crippen molar-refractivity contribution in [2.75, 3.05) is 34.2 Å². The van der Waals surface area contributed by atoms with E-state index >= 15 is 0 Å². The molecule has 0 aromatic heterocycles. The van der Waals surface area contributed by atoms with E-state index in [1.165, 1.54) is 0 Å². The highest BCUT2D eigenvalue weighted by Gasteiger charge is 2.41. The van der Waals surface area contributed by atoms with E-state index in [9.17, 15) is 10.0 Å². The number of amides is 2. The first-order valence-corrected chi connectivity index (χ1v) is 7.22. The Labute approximate surface area is 125 Å². The van der Waals surface area contributed by atoms with Crippen LogP contribution in [0.3, 0.4) is 0 Å². The molecule has 0 fully saturated rings. The summed E-state index contributed by atoms with van der Waals surface area (Å²) in [5.41, 5.74) is 6.78. The van der Waals surface area contributed by atoms with E-state index in [4.69, 9.17) is 5.73 Å². The highest BCUT2D eigenvalue weighted by Crippen LogP contribution is 2.30. The number of hydrogen-bond acceptors (Lipinski definition) is 3. The zero-order valence-electron chi connectivity index (χ0n) is 12.9. The Morgan fingerprint density at radius 2 is 2.33 bits per heavy atom. The summed E-state index contributed by atoms with van der Waals surface area (Å²) in [5, 5.41) is 12.8. The summed E-state index contributed by atoms with van der Waals surface area (Å²) >= 11 is 0. The van der Waals surface area contributed by atoms with Gasteiger partial charge in [0.1, 0.15) is 0 Å². The summed E-state index contributed by atoms with van der Waals surface area (Å²) < 4.78 is -0.0309. The van der Waals surface area contributed by atoms with Crippen LogP contribution >= 0.6 is 0 Å². The lowest BCUT2D eigenvalue weighted by Crippen LogP contribution is -3.06. The number of nitrogens with zero attached hydrogens (tertiary/aromatic N) is 2. The largest absolute Gasteiger partial charge is 0.628 e. The number of nitrogens with one attached hydrogen (secondary N) is 1. The summed E-state index contributed by atoms with van der Waals surface area (Å²) in [4.78, 5) is 14.0. The molecular weight excluding hydrogens is 268 g/mol. The normalized spacial score (nSPS) is 29.0. The maximum atomic E-state index is 12.7. The monoisotopic (exact) mass is 292 g/mol. The molecule has 21 heavy (non-hydrogen) atoms. The molecule has 0 saturated heterocycles. The molecule has 1 aromatic rings. The molecule has 6 nitrogen and oxygen atoms in total. The number of primary amides is 1. The van der Waals surface area contributed by atoms with Crippen LogP contribution in [0, 0.1) is 11.3 Å². The van der Waals surface area contributed by atoms with Crippen LogP contribution in [-0.2, 0) is 0 Å². The smallest absolute Gasteiger partial charge is 0.419 e. The summed E-state index contributed by atoms with van der Waals surface area (Å²) in [6, 6.07) is 7.83. The molecule has 1 aliphatic heterocycles. The number of carbonyl (C=O) groups excluding carboxylic acids is 1. The fourth-order valence-electron chi connectivity index (χ4n) is 2.82. The average molecular weight is 292 g/mol. The minimum absolute atomic E-state index is 0.0309. The van der Waals surface area contributed by atoms with Crippen LogP contribution in [0.15, 0.2) is 18.2 Å². The number of para-hydroxylation sites is 1. The maximum Gasteiger partial charge on any atom is 0.419 e. The minimum Gasteiger partial charge on any atom is -0.628 e. The topological polar surface area (TPSA) is 73.8 Å². The van der Waals surface area contributed by atoms with Crippen molar-refractivity contribution in [1.82, 2.24) is 9.38 Å². The standard InChI is InChI=1S/C15H23N4O2/c1-17(2)10-8-12-9-11-19(3,15(16)20)14-7-5-4-6-13(14)18(12)21/h4-5,7,12,18H,8-11H2,1-3H3,(H-,16,20)/p+1. The minimum atomic E-state index is -0.433. The molecule has 2 amide bonds. The number of hydrogen-bond donors (Lipinski definition) is 2. The SMILES string of the molecule is CN(C)CCC1CC[N+](C)(C(N)=O)c2ccc[c]c2[NH+]1[O-]. The summed E-state index contributed by atoms with van der Waals surface area (Å²) in [6.07, 6.45) is 1.45. The Morgan fingerprint density at radius 3 is 2.95 bits per heavy atom. The number of hydroxylamine groups is 1. The molecule has 115 valence electrons. The Hall–Kier alpha value is -1.47. The number of carbonyl (C=O) groups is 1. The number of nitrogens with two attached hydrogens (primary N) is 1. The Bertz CT molecular complexity index is 520. The lowest BCUT2D eigenvalue weighted by molar-refractivity contribution is -0.806. The van der Waals surface area contributed by atoms with Gasteiger partial charge in [-0.2, -0.15) is 0 Å². The van der Waals surface area contributed by atoms with E-state index < -0.39 is 6.03 Å². The van der Waals surface area contributed by atoms with E-state index in [0.717, 1.165) is 13.0 Å². The first-order chi connectivity index (χ1) is 9.86. The van der Waals surface area contributed by atoms with Crippen LogP contribution in [0.4, 0.5) is 16.2 Å². The molecule has 3 N–H and O–H groups in total. The molecule has 1 aliphatic rings. The van der Waals surface area contributed by atoms with Gasteiger partial charge in [-0.05, 0) is 20.2 Å². The average Bonchev–Trinajstić information content (AvgIpc) is 2.55. The lowest BCUT2D eigenvalue weighted by Gasteiger charge is -2.29. The number of quaternary nitrogens is 2. The van der Waals surface area contributed by atoms with Gasteiger partial charge in [-0.25, -0.2) is 9.28 Å². The van der Waals surface area contributed by atoms with Crippen LogP contribution in [0.5, 0.6) is 0 Å². The third-order valence-electron chi connectivity index (χ3n) is 4.32. The van der Waals surface area contributed by atoms with Crippen molar-refractivity contribution in [2.45, 2.75) is 18.9 Å². The van der Waals surface area contributed by atoms with Crippen molar-refractivity contribution < 1.29 is 9.86 Å². The maximum absolute atomic E-state index is 12.7. The zero-order chi connectivity index (χ0) is 15.6. The van der Waals surface area contributed by atoms with Crippen molar-refractivity contribution in [3.8, 4) is 0 Å². The van der Waals surface area contributed by atoms with Crippen LogP contribution < -0.4 is 15.3 Å². The quantitative estimate of drug-likeness (QED) is 0.619. The van der Waals surface area contributed by atoms with Crippen molar-refractivity contribution in [3.05, 3.63) is 29.5 Å². The first kappa shape index (κ1) is 15.9. The van der Waals surface area contributed by atoms with Crippen molar-refractivity contribution in [3.63, 3.8) is 0 Å². The molecule has 1 radical (unpaired) electrons. The van der Waals surface area contributed by atoms with Gasteiger partial charge < -0.3 is 20.9 Å². The molecule has 0 aliphatic carbocycles. The Morgan fingerprint density at radius 1 is 1.62 bits per heavy atom. The van der Waals surface area contributed by atoms with E-state index in [-0.39, 0.29) is 15.6 Å². The summed E-state index contributed by atoms with van der Waals surface area (Å²) in [6.45, 7) is 1.39. The van der Waals surface area contributed by atoms with Crippen LogP contribution in [0.1, 0.15) is 12.8 Å². The highest BCUT2D eigenvalue weighted by atomic mass is 16.5. The molecule has 3 atom stereocenters. The van der Waals surface area contributed by atoms with Gasteiger partial charge in [-0.15, -0.1) is 0 Å². The van der Waals surface area contributed by atoms with E-state index in [0.29, 0.717) is 24.3 Å². The predicted octanol–water partition coefficient (Wildman–Crippen LogP) is 0.241. The molecule has 2 rings (SSSR count). The van der Waals surface area contributed by atoms with Gasteiger partial charge in [-0.1, -0.05) is 6.07 Å². The third-order valence-corrected chi connectivity index (χ3v) is 4.32. The Balaban J connectivity index is 2.37. The molecule has 1 aromatic carbocycles. The van der Waals surface area contributed by atoms with Crippen molar-refractivity contribution in [2.24, 2.45) is 5.73 Å². The fourth-order valence-corrected chi connectivity index (χ4v) is 2.82. The van der Waals surface area contributed by atoms with E-state index in [2.05, 4.69) is 11.0 Å². The molecule has 0 saturated carbocycles. The van der Waals surface area contributed by atoms with Crippen molar-refractivity contribution >= 4 is 17.4 Å². The van der Waals surface area contributed by atoms with Gasteiger partial charge in [0.25, 0.3) is 0 Å². The zero-order valence-corrected chi connectivity index (χ0v) is 12.9. The molecule has 0 spiro atoms. The third kappa shape index (κ3) is 3.08. The van der Waals surface area contributed by atoms with Gasteiger partial charge in [0.05, 0.1) is 32.1 Å². The van der Waals surface area contributed by atoms with E-state index in [1.54, 1.807) is 19.2 Å². The van der Waals surface area contributed by atoms with Crippen LogP contribution in [0.2, 0.25) is 0 Å². The number of fused-ring (bicyclic) bond motifs is 1. The number of benzene rings is 1. The second-order valence-electron chi connectivity index (χ2n) is 6.13. The second kappa shape index (κ2) is 6.11. The molecule has 0 bridgehead atoms. The van der Waals surface area contributed by atoms with Crippen LogP contribution in [-0.4, -0.2) is 51.2 Å². The van der Waals surface area contributed by atoms with Crippen LogP contribution in [0.25, 0.3) is 0 Å². The van der Waals surface area contributed by atoms with Gasteiger partial charge >= 0.3 is 6.03 Å². The first-order valence-electron chi connectivity index (χ1n) is 7.22. The van der Waals surface area contributed by atoms with Gasteiger partial charge in [0, 0.05) is 19.0 Å². The summed E-state index contributed by atoms with van der Waals surface area (Å²) in [5.74, 6) is 0. The van der Waals surface area contributed by atoms with Gasteiger partial charge in [0.2, 0.25) is 11.4 Å². The molecular formula is C15H24N4O2+. The highest BCUT2D eigenvalue weighted by molar-refractivity contribution is 5.87. The Kier molecular flexibility index (Phi) is 4.63. The second-order valence-corrected chi connectivity index (χ2v) is 6.13. The summed E-state index contributed by atoms with van der Waals surface area (Å²) in [7, 11) is 5.76.